The van der Waals surface area contributed by atoms with Crippen molar-refractivity contribution in [3.05, 3.63) is 64.1 Å². The summed E-state index contributed by atoms with van der Waals surface area (Å²) in [4.78, 5) is 6.90. The van der Waals surface area contributed by atoms with Crippen molar-refractivity contribution in [1.29, 1.82) is 5.26 Å². The van der Waals surface area contributed by atoms with E-state index in [1.807, 2.05) is 36.0 Å². The molecule has 7 heteroatoms. The third-order valence-electron chi connectivity index (χ3n) is 5.26. The van der Waals surface area contributed by atoms with Crippen molar-refractivity contribution in [2.75, 3.05) is 31.2 Å². The summed E-state index contributed by atoms with van der Waals surface area (Å²) in [6.07, 6.45) is 1.83. The number of pyridine rings is 1. The van der Waals surface area contributed by atoms with Gasteiger partial charge in [0.25, 0.3) is 0 Å². The van der Waals surface area contributed by atoms with Crippen LogP contribution in [0.4, 0.5) is 5.82 Å². The van der Waals surface area contributed by atoms with Crippen LogP contribution in [0.2, 0.25) is 5.02 Å². The second-order valence-corrected chi connectivity index (χ2v) is 7.50. The van der Waals surface area contributed by atoms with Crippen molar-refractivity contribution in [3.8, 4) is 17.2 Å². The summed E-state index contributed by atoms with van der Waals surface area (Å²) in [5.74, 6) is 0.992. The molecule has 29 heavy (non-hydrogen) atoms. The highest BCUT2D eigenvalue weighted by Crippen LogP contribution is 2.31. The Kier molecular flexibility index (Phi) is 5.52. The number of morpholine rings is 1. The minimum Gasteiger partial charge on any atom is -0.378 e. The van der Waals surface area contributed by atoms with Crippen LogP contribution in [0, 0.1) is 25.2 Å². The number of hydrogen-bond donors (Lipinski definition) is 0. The van der Waals surface area contributed by atoms with Gasteiger partial charge in [-0.05, 0) is 37.6 Å². The first-order valence-electron chi connectivity index (χ1n) is 9.59. The molecule has 1 aromatic carbocycles. The molecule has 3 heterocycles. The molecule has 1 aliphatic rings. The molecule has 0 aliphatic carbocycles. The first-order chi connectivity index (χ1) is 14.1. The van der Waals surface area contributed by atoms with Gasteiger partial charge in [0, 0.05) is 36.1 Å². The quantitative estimate of drug-likeness (QED) is 0.654. The first-order valence-corrected chi connectivity index (χ1v) is 9.97. The molecule has 0 amide bonds. The number of benzene rings is 1. The van der Waals surface area contributed by atoms with Crippen LogP contribution in [0.25, 0.3) is 11.1 Å². The molecule has 0 N–H and O–H groups in total. The fourth-order valence-corrected chi connectivity index (χ4v) is 4.03. The lowest BCUT2D eigenvalue weighted by atomic mass is 10.0. The highest BCUT2D eigenvalue weighted by Gasteiger charge is 2.19. The average molecular weight is 408 g/mol. The summed E-state index contributed by atoms with van der Waals surface area (Å²) >= 11 is 6.25. The Morgan fingerprint density at radius 3 is 2.72 bits per heavy atom. The van der Waals surface area contributed by atoms with E-state index in [2.05, 4.69) is 28.9 Å². The molecule has 2 aromatic heterocycles. The molecule has 0 radical (unpaired) electrons. The lowest BCUT2D eigenvalue weighted by molar-refractivity contribution is 0.122. The van der Waals surface area contributed by atoms with Crippen LogP contribution in [0.15, 0.2) is 36.5 Å². The van der Waals surface area contributed by atoms with Crippen molar-refractivity contribution >= 4 is 17.4 Å². The van der Waals surface area contributed by atoms with Crippen molar-refractivity contribution in [2.45, 2.75) is 20.4 Å². The maximum absolute atomic E-state index is 9.12. The van der Waals surface area contributed by atoms with Crippen LogP contribution in [-0.4, -0.2) is 41.1 Å². The van der Waals surface area contributed by atoms with Gasteiger partial charge < -0.3 is 9.64 Å². The van der Waals surface area contributed by atoms with Crippen molar-refractivity contribution in [2.24, 2.45) is 0 Å². The zero-order valence-corrected chi connectivity index (χ0v) is 17.3. The predicted molar refractivity (Wildman–Crippen MR) is 113 cm³/mol. The van der Waals surface area contributed by atoms with Crippen LogP contribution in [0.5, 0.6) is 0 Å². The Labute approximate surface area is 175 Å². The minimum atomic E-state index is 0.457. The smallest absolute Gasteiger partial charge is 0.133 e. The third kappa shape index (κ3) is 3.84. The number of aromatic nitrogens is 3. The van der Waals surface area contributed by atoms with E-state index in [4.69, 9.17) is 26.7 Å². The number of nitrogens with zero attached hydrogens (tertiary/aromatic N) is 5. The van der Waals surface area contributed by atoms with Crippen molar-refractivity contribution < 1.29 is 4.74 Å². The Balaban J connectivity index is 1.68. The van der Waals surface area contributed by atoms with Gasteiger partial charge in [0.15, 0.2) is 0 Å². The number of nitriles is 1. The third-order valence-corrected chi connectivity index (χ3v) is 5.57. The number of ether oxygens (including phenoxy) is 1. The van der Waals surface area contributed by atoms with Crippen LogP contribution in [0.3, 0.4) is 0 Å². The first kappa shape index (κ1) is 19.4. The van der Waals surface area contributed by atoms with Gasteiger partial charge in [-0.25, -0.2) is 4.98 Å². The van der Waals surface area contributed by atoms with E-state index in [0.717, 1.165) is 60.2 Å². The Hall–Kier alpha value is -2.88. The highest BCUT2D eigenvalue weighted by molar-refractivity contribution is 6.32. The van der Waals surface area contributed by atoms with Gasteiger partial charge in [-0.3, -0.25) is 4.68 Å². The normalized spacial score (nSPS) is 14.1. The summed E-state index contributed by atoms with van der Waals surface area (Å²) in [7, 11) is 0. The van der Waals surface area contributed by atoms with Gasteiger partial charge >= 0.3 is 0 Å². The molecule has 1 aliphatic heterocycles. The maximum atomic E-state index is 9.12. The molecule has 148 valence electrons. The molecule has 3 aromatic rings. The van der Waals surface area contributed by atoms with Crippen LogP contribution in [-0.2, 0) is 11.3 Å². The summed E-state index contributed by atoms with van der Waals surface area (Å²) < 4.78 is 7.49. The molecule has 0 spiro atoms. The molecule has 0 atom stereocenters. The van der Waals surface area contributed by atoms with Crippen LogP contribution < -0.4 is 4.90 Å². The van der Waals surface area contributed by atoms with Gasteiger partial charge in [0.05, 0.1) is 36.0 Å². The minimum absolute atomic E-state index is 0.457. The highest BCUT2D eigenvalue weighted by atomic mass is 35.5. The second kappa shape index (κ2) is 8.24. The fraction of sp³-hybridized carbons (Fsp3) is 0.318. The molecule has 0 unspecified atom stereocenters. The number of halogens is 1. The molecule has 0 saturated carbocycles. The largest absolute Gasteiger partial charge is 0.378 e. The zero-order valence-electron chi connectivity index (χ0n) is 16.5. The van der Waals surface area contributed by atoms with Crippen molar-refractivity contribution in [1.82, 2.24) is 14.8 Å². The van der Waals surface area contributed by atoms with Gasteiger partial charge in [0.2, 0.25) is 0 Å². The van der Waals surface area contributed by atoms with Crippen LogP contribution in [0.1, 0.15) is 22.5 Å². The SMILES string of the molecule is Cc1nn(Cc2cccnc2N2CCOCC2)c(C)c1-c1ccc(C#N)c(Cl)c1. The molecule has 6 nitrogen and oxygen atoms in total. The van der Waals surface area contributed by atoms with Crippen LogP contribution >= 0.6 is 11.6 Å². The van der Waals surface area contributed by atoms with E-state index in [1.165, 1.54) is 0 Å². The number of anilines is 1. The van der Waals surface area contributed by atoms with E-state index in [9.17, 15) is 0 Å². The Bertz CT molecular complexity index is 1080. The summed E-state index contributed by atoms with van der Waals surface area (Å²) in [5, 5.41) is 14.4. The zero-order chi connectivity index (χ0) is 20.4. The maximum Gasteiger partial charge on any atom is 0.133 e. The van der Waals surface area contributed by atoms with E-state index >= 15 is 0 Å². The molecular formula is C22H22ClN5O. The summed E-state index contributed by atoms with van der Waals surface area (Å²) in [5.41, 5.74) is 5.61. The molecule has 1 fully saturated rings. The van der Waals surface area contributed by atoms with Crippen molar-refractivity contribution in [3.63, 3.8) is 0 Å². The number of rotatable bonds is 4. The monoisotopic (exact) mass is 407 g/mol. The second-order valence-electron chi connectivity index (χ2n) is 7.10. The van der Waals surface area contributed by atoms with Gasteiger partial charge in [-0.1, -0.05) is 23.7 Å². The van der Waals surface area contributed by atoms with Gasteiger partial charge in [-0.2, -0.15) is 10.4 Å². The molecular weight excluding hydrogens is 386 g/mol. The average Bonchev–Trinajstić information content (AvgIpc) is 3.02. The van der Waals surface area contributed by atoms with Gasteiger partial charge in [-0.15, -0.1) is 0 Å². The molecule has 4 rings (SSSR count). The Morgan fingerprint density at radius 2 is 2.00 bits per heavy atom. The number of hydrogen-bond acceptors (Lipinski definition) is 5. The topological polar surface area (TPSA) is 67.0 Å². The lowest BCUT2D eigenvalue weighted by Gasteiger charge is -2.29. The lowest BCUT2D eigenvalue weighted by Crippen LogP contribution is -2.37. The number of aryl methyl sites for hydroxylation is 1. The van der Waals surface area contributed by atoms with E-state index in [0.29, 0.717) is 17.1 Å². The predicted octanol–water partition coefficient (Wildman–Crippen LogP) is 3.97. The standard InChI is InChI=1S/C22H22ClN5O/c1-15-21(17-5-6-18(13-24)20(23)12-17)16(2)28(26-15)14-19-4-3-7-25-22(19)27-8-10-29-11-9-27/h3-7,12H,8-11,14H2,1-2H3. The van der Waals surface area contributed by atoms with E-state index in [-0.39, 0.29) is 0 Å². The molecule has 1 saturated heterocycles. The molecule has 0 bridgehead atoms. The summed E-state index contributed by atoms with van der Waals surface area (Å²) in [6, 6.07) is 11.7. The Morgan fingerprint density at radius 1 is 1.21 bits per heavy atom. The summed E-state index contributed by atoms with van der Waals surface area (Å²) in [6.45, 7) is 7.83. The van der Waals surface area contributed by atoms with E-state index in [1.54, 1.807) is 6.07 Å². The fourth-order valence-electron chi connectivity index (χ4n) is 3.80. The van der Waals surface area contributed by atoms with E-state index < -0.39 is 0 Å². The van der Waals surface area contributed by atoms with Gasteiger partial charge in [0.1, 0.15) is 11.9 Å².